The molecule has 5 heteroatoms. The van der Waals surface area contributed by atoms with Crippen LogP contribution in [0.15, 0.2) is 22.6 Å². The number of fused-ring (bicyclic) bond motifs is 1. The van der Waals surface area contributed by atoms with Gasteiger partial charge in [0.1, 0.15) is 5.52 Å². The molecule has 2 heterocycles. The van der Waals surface area contributed by atoms with Crippen molar-refractivity contribution in [1.82, 2.24) is 9.88 Å². The summed E-state index contributed by atoms with van der Waals surface area (Å²) in [5.41, 5.74) is 2.16. The van der Waals surface area contributed by atoms with Gasteiger partial charge in [-0.2, -0.15) is 0 Å². The highest BCUT2D eigenvalue weighted by atomic mass is 16.5. The van der Waals surface area contributed by atoms with E-state index in [9.17, 15) is 4.79 Å². The monoisotopic (exact) mass is 302 g/mol. The lowest BCUT2D eigenvalue weighted by Gasteiger charge is -2.16. The Labute approximate surface area is 130 Å². The van der Waals surface area contributed by atoms with Gasteiger partial charge in [-0.1, -0.05) is 13.8 Å². The van der Waals surface area contributed by atoms with E-state index in [0.717, 1.165) is 30.6 Å². The van der Waals surface area contributed by atoms with Crippen LogP contribution in [-0.2, 0) is 4.74 Å². The Morgan fingerprint density at radius 2 is 2.32 bits per heavy atom. The highest BCUT2D eigenvalue weighted by Gasteiger charge is 2.27. The molecule has 1 fully saturated rings. The van der Waals surface area contributed by atoms with Crippen LogP contribution >= 0.6 is 0 Å². The highest BCUT2D eigenvalue weighted by molar-refractivity contribution is 5.97. The third kappa shape index (κ3) is 2.86. The second-order valence-electron chi connectivity index (χ2n) is 6.25. The lowest BCUT2D eigenvalue weighted by atomic mass is 10.1. The standard InChI is InChI=1S/C17H22N2O3/c1-11(2)16-18-14-8-13(4-5-15(14)22-16)17(20)19-7-6-12(9-19)10-21-3/h4-5,8,11-12H,6-7,9-10H2,1-3H3. The fraction of sp³-hybridized carbons (Fsp3) is 0.529. The number of hydrogen-bond acceptors (Lipinski definition) is 4. The van der Waals surface area contributed by atoms with Gasteiger partial charge in [0, 0.05) is 37.6 Å². The van der Waals surface area contributed by atoms with Crippen LogP contribution in [0.5, 0.6) is 0 Å². The first kappa shape index (κ1) is 15.0. The molecule has 118 valence electrons. The van der Waals surface area contributed by atoms with Crippen molar-refractivity contribution in [3.63, 3.8) is 0 Å². The Kier molecular flexibility index (Phi) is 4.16. The van der Waals surface area contributed by atoms with Crippen LogP contribution in [0.3, 0.4) is 0 Å². The highest BCUT2D eigenvalue weighted by Crippen LogP contribution is 2.24. The Morgan fingerprint density at radius 1 is 1.50 bits per heavy atom. The minimum Gasteiger partial charge on any atom is -0.440 e. The second-order valence-corrected chi connectivity index (χ2v) is 6.25. The van der Waals surface area contributed by atoms with Crippen LogP contribution in [0.1, 0.15) is 42.4 Å². The number of ether oxygens (including phenoxy) is 1. The first-order valence-corrected chi connectivity index (χ1v) is 7.77. The van der Waals surface area contributed by atoms with E-state index in [4.69, 9.17) is 9.15 Å². The number of carbonyl (C=O) groups excluding carboxylic acids is 1. The normalized spacial score (nSPS) is 18.5. The van der Waals surface area contributed by atoms with Gasteiger partial charge < -0.3 is 14.1 Å². The SMILES string of the molecule is COCC1CCN(C(=O)c2ccc3oc(C(C)C)nc3c2)C1. The van der Waals surface area contributed by atoms with Gasteiger partial charge in [-0.05, 0) is 24.6 Å². The maximum atomic E-state index is 12.6. The number of carbonyl (C=O) groups is 1. The molecule has 1 aliphatic heterocycles. The number of benzene rings is 1. The minimum atomic E-state index is 0.0644. The van der Waals surface area contributed by atoms with E-state index >= 15 is 0 Å². The number of likely N-dealkylation sites (tertiary alicyclic amines) is 1. The zero-order valence-electron chi connectivity index (χ0n) is 13.3. The van der Waals surface area contributed by atoms with E-state index in [0.29, 0.717) is 24.0 Å². The molecular weight excluding hydrogens is 280 g/mol. The van der Waals surface area contributed by atoms with Crippen LogP contribution < -0.4 is 0 Å². The third-order valence-corrected chi connectivity index (χ3v) is 4.12. The molecule has 0 aliphatic carbocycles. The average molecular weight is 302 g/mol. The molecule has 1 unspecified atom stereocenters. The maximum absolute atomic E-state index is 12.6. The summed E-state index contributed by atoms with van der Waals surface area (Å²) >= 11 is 0. The van der Waals surface area contributed by atoms with E-state index in [1.54, 1.807) is 7.11 Å². The van der Waals surface area contributed by atoms with Gasteiger partial charge in [-0.15, -0.1) is 0 Å². The summed E-state index contributed by atoms with van der Waals surface area (Å²) in [6.07, 6.45) is 1.00. The van der Waals surface area contributed by atoms with Gasteiger partial charge in [0.2, 0.25) is 0 Å². The molecule has 1 aromatic heterocycles. The van der Waals surface area contributed by atoms with Crippen LogP contribution in [0, 0.1) is 5.92 Å². The summed E-state index contributed by atoms with van der Waals surface area (Å²) in [6, 6.07) is 5.49. The van der Waals surface area contributed by atoms with Crippen LogP contribution in [0.25, 0.3) is 11.1 Å². The molecule has 2 aromatic rings. The molecule has 1 aliphatic rings. The Hall–Kier alpha value is -1.88. The number of methoxy groups -OCH3 is 1. The first-order chi connectivity index (χ1) is 10.6. The van der Waals surface area contributed by atoms with Crippen LogP contribution in [-0.4, -0.2) is 42.6 Å². The van der Waals surface area contributed by atoms with Gasteiger partial charge in [-0.25, -0.2) is 4.98 Å². The predicted octanol–water partition coefficient (Wildman–Crippen LogP) is 3.06. The Bertz CT molecular complexity index is 678. The third-order valence-electron chi connectivity index (χ3n) is 4.12. The smallest absolute Gasteiger partial charge is 0.253 e. The van der Waals surface area contributed by atoms with Crippen molar-refractivity contribution in [2.24, 2.45) is 5.92 Å². The largest absolute Gasteiger partial charge is 0.440 e. The van der Waals surface area contributed by atoms with Gasteiger partial charge in [0.15, 0.2) is 11.5 Å². The fourth-order valence-corrected chi connectivity index (χ4v) is 2.90. The predicted molar refractivity (Wildman–Crippen MR) is 84.0 cm³/mol. The van der Waals surface area contributed by atoms with Gasteiger partial charge in [-0.3, -0.25) is 4.79 Å². The number of hydrogen-bond donors (Lipinski definition) is 0. The molecule has 0 bridgehead atoms. The fourth-order valence-electron chi connectivity index (χ4n) is 2.90. The molecule has 0 saturated carbocycles. The molecule has 1 atom stereocenters. The van der Waals surface area contributed by atoms with Crippen molar-refractivity contribution in [3.05, 3.63) is 29.7 Å². The first-order valence-electron chi connectivity index (χ1n) is 7.77. The van der Waals surface area contributed by atoms with Crippen molar-refractivity contribution in [3.8, 4) is 0 Å². The number of amides is 1. The second kappa shape index (κ2) is 6.08. The number of nitrogens with zero attached hydrogens (tertiary/aromatic N) is 2. The summed E-state index contributed by atoms with van der Waals surface area (Å²) in [7, 11) is 1.70. The summed E-state index contributed by atoms with van der Waals surface area (Å²) < 4.78 is 10.9. The molecule has 22 heavy (non-hydrogen) atoms. The van der Waals surface area contributed by atoms with Gasteiger partial charge >= 0.3 is 0 Å². The molecule has 0 spiro atoms. The molecule has 5 nitrogen and oxygen atoms in total. The number of oxazole rings is 1. The van der Waals surface area contributed by atoms with Crippen molar-refractivity contribution in [2.75, 3.05) is 26.8 Å². The summed E-state index contributed by atoms with van der Waals surface area (Å²) in [4.78, 5) is 19.0. The van der Waals surface area contributed by atoms with Crippen molar-refractivity contribution < 1.29 is 13.9 Å². The van der Waals surface area contributed by atoms with E-state index in [2.05, 4.69) is 4.98 Å². The summed E-state index contributed by atoms with van der Waals surface area (Å²) in [5, 5.41) is 0. The van der Waals surface area contributed by atoms with E-state index in [1.807, 2.05) is 36.9 Å². The van der Waals surface area contributed by atoms with Gasteiger partial charge in [0.05, 0.1) is 6.61 Å². The molecule has 0 radical (unpaired) electrons. The van der Waals surface area contributed by atoms with Gasteiger partial charge in [0.25, 0.3) is 5.91 Å². The Morgan fingerprint density at radius 3 is 3.05 bits per heavy atom. The zero-order valence-corrected chi connectivity index (χ0v) is 13.3. The zero-order chi connectivity index (χ0) is 15.7. The number of rotatable bonds is 4. The van der Waals surface area contributed by atoms with E-state index in [-0.39, 0.29) is 11.8 Å². The van der Waals surface area contributed by atoms with E-state index < -0.39 is 0 Å². The molecule has 0 N–H and O–H groups in total. The quantitative estimate of drug-likeness (QED) is 0.871. The summed E-state index contributed by atoms with van der Waals surface area (Å²) in [6.45, 7) is 6.35. The van der Waals surface area contributed by atoms with E-state index in [1.165, 1.54) is 0 Å². The molecular formula is C17H22N2O3. The minimum absolute atomic E-state index is 0.0644. The lowest BCUT2D eigenvalue weighted by Crippen LogP contribution is -2.29. The Balaban J connectivity index is 1.79. The van der Waals surface area contributed by atoms with Crippen molar-refractivity contribution >= 4 is 17.0 Å². The van der Waals surface area contributed by atoms with Crippen LogP contribution in [0.2, 0.25) is 0 Å². The summed E-state index contributed by atoms with van der Waals surface area (Å²) in [5.74, 6) is 1.45. The number of aromatic nitrogens is 1. The molecule has 1 aromatic carbocycles. The topological polar surface area (TPSA) is 55.6 Å². The molecule has 3 rings (SSSR count). The molecule has 1 amide bonds. The lowest BCUT2D eigenvalue weighted by molar-refractivity contribution is 0.0775. The van der Waals surface area contributed by atoms with Crippen LogP contribution in [0.4, 0.5) is 0 Å². The average Bonchev–Trinajstić information content (AvgIpc) is 3.12. The molecule has 1 saturated heterocycles. The van der Waals surface area contributed by atoms with Crippen molar-refractivity contribution in [1.29, 1.82) is 0 Å². The maximum Gasteiger partial charge on any atom is 0.253 e. The van der Waals surface area contributed by atoms with Crippen molar-refractivity contribution in [2.45, 2.75) is 26.2 Å².